The van der Waals surface area contributed by atoms with Crippen molar-refractivity contribution in [2.24, 2.45) is 5.92 Å². The number of ether oxygens (including phenoxy) is 1. The molecule has 0 spiro atoms. The van der Waals surface area contributed by atoms with Crippen LogP contribution in [0.15, 0.2) is 24.3 Å². The molecule has 1 aromatic carbocycles. The summed E-state index contributed by atoms with van der Waals surface area (Å²) in [4.78, 5) is 0. The molecule has 0 fully saturated rings. The van der Waals surface area contributed by atoms with E-state index < -0.39 is 0 Å². The highest BCUT2D eigenvalue weighted by Gasteiger charge is 2.24. The zero-order valence-electron chi connectivity index (χ0n) is 8.37. The molecule has 76 valence electrons. The highest BCUT2D eigenvalue weighted by molar-refractivity contribution is 6.18. The SMILES string of the molecule is CC(CCl)CC1COc2ccccc21. The summed E-state index contributed by atoms with van der Waals surface area (Å²) in [5.74, 6) is 2.90. The van der Waals surface area contributed by atoms with Gasteiger partial charge in [0, 0.05) is 17.4 Å². The normalized spacial score (nSPS) is 21.4. The number of hydrogen-bond donors (Lipinski definition) is 0. The first-order valence-corrected chi connectivity index (χ1v) is 5.62. The van der Waals surface area contributed by atoms with Gasteiger partial charge in [-0.2, -0.15) is 0 Å². The summed E-state index contributed by atoms with van der Waals surface area (Å²) in [6.07, 6.45) is 1.13. The Morgan fingerprint density at radius 3 is 3.07 bits per heavy atom. The maximum absolute atomic E-state index is 5.82. The van der Waals surface area contributed by atoms with E-state index in [-0.39, 0.29) is 0 Å². The van der Waals surface area contributed by atoms with Crippen LogP contribution in [0.5, 0.6) is 5.75 Å². The van der Waals surface area contributed by atoms with Crippen LogP contribution in [0.4, 0.5) is 0 Å². The predicted octanol–water partition coefficient (Wildman–Crippen LogP) is 3.43. The van der Waals surface area contributed by atoms with Crippen molar-refractivity contribution in [3.8, 4) is 5.75 Å². The Labute approximate surface area is 90.0 Å². The largest absolute Gasteiger partial charge is 0.493 e. The molecule has 0 bridgehead atoms. The van der Waals surface area contributed by atoms with E-state index in [1.54, 1.807) is 0 Å². The van der Waals surface area contributed by atoms with Crippen LogP contribution in [-0.2, 0) is 0 Å². The maximum Gasteiger partial charge on any atom is 0.122 e. The van der Waals surface area contributed by atoms with Crippen LogP contribution >= 0.6 is 11.6 Å². The molecule has 0 saturated carbocycles. The van der Waals surface area contributed by atoms with Crippen molar-refractivity contribution in [3.05, 3.63) is 29.8 Å². The van der Waals surface area contributed by atoms with Gasteiger partial charge < -0.3 is 4.74 Å². The molecule has 2 rings (SSSR count). The minimum absolute atomic E-state index is 0.542. The van der Waals surface area contributed by atoms with Crippen LogP contribution in [0.2, 0.25) is 0 Å². The van der Waals surface area contributed by atoms with Crippen molar-refractivity contribution in [1.29, 1.82) is 0 Å². The van der Waals surface area contributed by atoms with E-state index in [2.05, 4.69) is 19.1 Å². The summed E-state index contributed by atoms with van der Waals surface area (Å²) in [6, 6.07) is 8.30. The zero-order valence-corrected chi connectivity index (χ0v) is 9.13. The lowest BCUT2D eigenvalue weighted by molar-refractivity contribution is 0.314. The van der Waals surface area contributed by atoms with Gasteiger partial charge in [-0.1, -0.05) is 25.1 Å². The Morgan fingerprint density at radius 1 is 1.50 bits per heavy atom. The molecular weight excluding hydrogens is 196 g/mol. The minimum Gasteiger partial charge on any atom is -0.493 e. The Balaban J connectivity index is 2.10. The molecule has 1 aliphatic heterocycles. The Hall–Kier alpha value is -0.690. The van der Waals surface area contributed by atoms with Crippen LogP contribution in [0.3, 0.4) is 0 Å². The van der Waals surface area contributed by atoms with Crippen LogP contribution in [0, 0.1) is 5.92 Å². The molecule has 0 saturated heterocycles. The quantitative estimate of drug-likeness (QED) is 0.695. The minimum atomic E-state index is 0.542. The van der Waals surface area contributed by atoms with Gasteiger partial charge in [0.1, 0.15) is 5.75 Å². The van der Waals surface area contributed by atoms with Gasteiger partial charge in [0.15, 0.2) is 0 Å². The summed E-state index contributed by atoms with van der Waals surface area (Å²) in [6.45, 7) is 3.01. The molecule has 1 aliphatic rings. The number of para-hydroxylation sites is 1. The van der Waals surface area contributed by atoms with Crippen LogP contribution in [0.1, 0.15) is 24.8 Å². The average molecular weight is 211 g/mol. The lowest BCUT2D eigenvalue weighted by Crippen LogP contribution is -2.07. The fraction of sp³-hybridized carbons (Fsp3) is 0.500. The van der Waals surface area contributed by atoms with E-state index in [0.717, 1.165) is 24.7 Å². The molecule has 0 amide bonds. The number of halogens is 1. The predicted molar refractivity (Wildman–Crippen MR) is 59.2 cm³/mol. The second-order valence-electron chi connectivity index (χ2n) is 4.04. The summed E-state index contributed by atoms with van der Waals surface area (Å²) < 4.78 is 5.61. The molecule has 1 aromatic rings. The summed E-state index contributed by atoms with van der Waals surface area (Å²) in [5, 5.41) is 0. The summed E-state index contributed by atoms with van der Waals surface area (Å²) >= 11 is 5.82. The third-order valence-corrected chi connectivity index (χ3v) is 3.28. The first kappa shape index (κ1) is 9.85. The first-order valence-electron chi connectivity index (χ1n) is 5.09. The fourth-order valence-corrected chi connectivity index (χ4v) is 2.10. The monoisotopic (exact) mass is 210 g/mol. The number of fused-ring (bicyclic) bond motifs is 1. The van der Waals surface area contributed by atoms with E-state index in [4.69, 9.17) is 16.3 Å². The molecular formula is C12H15ClO. The molecule has 2 unspecified atom stereocenters. The number of hydrogen-bond acceptors (Lipinski definition) is 1. The first-order chi connectivity index (χ1) is 6.81. The number of benzene rings is 1. The van der Waals surface area contributed by atoms with Gasteiger partial charge in [-0.25, -0.2) is 0 Å². The standard InChI is InChI=1S/C12H15ClO/c1-9(7-13)6-10-8-14-12-5-3-2-4-11(10)12/h2-5,9-10H,6-8H2,1H3. The summed E-state index contributed by atoms with van der Waals surface area (Å²) in [5.41, 5.74) is 1.35. The Morgan fingerprint density at radius 2 is 2.29 bits per heavy atom. The highest BCUT2D eigenvalue weighted by Crippen LogP contribution is 2.37. The van der Waals surface area contributed by atoms with Crippen molar-refractivity contribution in [2.45, 2.75) is 19.3 Å². The molecule has 0 N–H and O–H groups in total. The molecule has 0 aliphatic carbocycles. The van der Waals surface area contributed by atoms with Crippen molar-refractivity contribution in [1.82, 2.24) is 0 Å². The average Bonchev–Trinajstić information content (AvgIpc) is 2.62. The van der Waals surface area contributed by atoms with E-state index in [1.165, 1.54) is 5.56 Å². The molecule has 0 aromatic heterocycles. The smallest absolute Gasteiger partial charge is 0.122 e. The van der Waals surface area contributed by atoms with Gasteiger partial charge in [-0.3, -0.25) is 0 Å². The molecule has 14 heavy (non-hydrogen) atoms. The second kappa shape index (κ2) is 4.22. The number of alkyl halides is 1. The van der Waals surface area contributed by atoms with Gasteiger partial charge >= 0.3 is 0 Å². The Kier molecular flexibility index (Phi) is 2.97. The van der Waals surface area contributed by atoms with E-state index in [0.29, 0.717) is 11.8 Å². The van der Waals surface area contributed by atoms with Crippen molar-refractivity contribution in [3.63, 3.8) is 0 Å². The van der Waals surface area contributed by atoms with Crippen LogP contribution in [-0.4, -0.2) is 12.5 Å². The highest BCUT2D eigenvalue weighted by atomic mass is 35.5. The van der Waals surface area contributed by atoms with E-state index >= 15 is 0 Å². The van der Waals surface area contributed by atoms with E-state index in [9.17, 15) is 0 Å². The van der Waals surface area contributed by atoms with Crippen LogP contribution in [0.25, 0.3) is 0 Å². The second-order valence-corrected chi connectivity index (χ2v) is 4.35. The van der Waals surface area contributed by atoms with E-state index in [1.807, 2.05) is 12.1 Å². The van der Waals surface area contributed by atoms with Gasteiger partial charge in [0.25, 0.3) is 0 Å². The fourth-order valence-electron chi connectivity index (χ4n) is 1.97. The van der Waals surface area contributed by atoms with Crippen LogP contribution < -0.4 is 4.74 Å². The lowest BCUT2D eigenvalue weighted by atomic mass is 9.92. The maximum atomic E-state index is 5.82. The van der Waals surface area contributed by atoms with Crippen molar-refractivity contribution in [2.75, 3.05) is 12.5 Å². The lowest BCUT2D eigenvalue weighted by Gasteiger charge is -2.12. The van der Waals surface area contributed by atoms with Gasteiger partial charge in [0.2, 0.25) is 0 Å². The summed E-state index contributed by atoms with van der Waals surface area (Å²) in [7, 11) is 0. The third kappa shape index (κ3) is 1.88. The molecule has 2 atom stereocenters. The molecule has 2 heteroatoms. The Bertz CT molecular complexity index is 311. The van der Waals surface area contributed by atoms with Gasteiger partial charge in [-0.15, -0.1) is 11.6 Å². The molecule has 1 heterocycles. The van der Waals surface area contributed by atoms with Crippen molar-refractivity contribution < 1.29 is 4.74 Å². The topological polar surface area (TPSA) is 9.23 Å². The van der Waals surface area contributed by atoms with Gasteiger partial charge in [-0.05, 0) is 18.4 Å². The zero-order chi connectivity index (χ0) is 9.97. The number of rotatable bonds is 3. The molecule has 0 radical (unpaired) electrons. The van der Waals surface area contributed by atoms with Crippen molar-refractivity contribution >= 4 is 11.6 Å². The molecule has 1 nitrogen and oxygen atoms in total. The van der Waals surface area contributed by atoms with Gasteiger partial charge in [0.05, 0.1) is 6.61 Å². The third-order valence-electron chi connectivity index (χ3n) is 2.75.